The standard InChI is InChI=1S/C14H21ClN2O3S/c1-3-4-5-6-10(2)17-14(18)11-7-8-12(15)13(9-11)21(16,19)20/h7-10H,3-6H2,1-2H3,(H,17,18)(H2,16,19,20). The molecule has 0 aliphatic rings. The zero-order valence-electron chi connectivity index (χ0n) is 12.2. The minimum absolute atomic E-state index is 0.00467. The molecule has 0 aliphatic carbocycles. The van der Waals surface area contributed by atoms with Gasteiger partial charge in [0.05, 0.1) is 5.02 Å². The Morgan fingerprint density at radius 1 is 1.38 bits per heavy atom. The molecule has 21 heavy (non-hydrogen) atoms. The zero-order valence-corrected chi connectivity index (χ0v) is 13.8. The molecule has 0 saturated carbocycles. The van der Waals surface area contributed by atoms with Crippen LogP contribution in [0.5, 0.6) is 0 Å². The molecular formula is C14H21ClN2O3S. The molecule has 0 fully saturated rings. The Kier molecular flexibility index (Phi) is 6.64. The highest BCUT2D eigenvalue weighted by atomic mass is 35.5. The van der Waals surface area contributed by atoms with Crippen molar-refractivity contribution in [3.63, 3.8) is 0 Å². The molecule has 1 amide bonds. The number of carbonyl (C=O) groups excluding carboxylic acids is 1. The summed E-state index contributed by atoms with van der Waals surface area (Å²) in [5, 5.41) is 7.91. The lowest BCUT2D eigenvalue weighted by Crippen LogP contribution is -2.32. The predicted octanol–water partition coefficient (Wildman–Crippen LogP) is 2.69. The van der Waals surface area contributed by atoms with Gasteiger partial charge in [-0.25, -0.2) is 13.6 Å². The fourth-order valence-corrected chi connectivity index (χ4v) is 3.01. The van der Waals surface area contributed by atoms with E-state index in [0.29, 0.717) is 0 Å². The number of rotatable bonds is 7. The first-order valence-corrected chi connectivity index (χ1v) is 8.81. The first-order chi connectivity index (χ1) is 9.75. The van der Waals surface area contributed by atoms with E-state index in [2.05, 4.69) is 12.2 Å². The van der Waals surface area contributed by atoms with E-state index in [4.69, 9.17) is 16.7 Å². The number of unbranched alkanes of at least 4 members (excludes halogenated alkanes) is 2. The van der Waals surface area contributed by atoms with Crippen LogP contribution in [0, 0.1) is 0 Å². The van der Waals surface area contributed by atoms with Gasteiger partial charge in [-0.05, 0) is 31.5 Å². The monoisotopic (exact) mass is 332 g/mol. The van der Waals surface area contributed by atoms with Crippen molar-refractivity contribution in [2.75, 3.05) is 0 Å². The van der Waals surface area contributed by atoms with Gasteiger partial charge in [-0.15, -0.1) is 0 Å². The summed E-state index contributed by atoms with van der Waals surface area (Å²) in [4.78, 5) is 11.8. The average molecular weight is 333 g/mol. The number of carbonyl (C=O) groups is 1. The van der Waals surface area contributed by atoms with Gasteiger partial charge in [0.25, 0.3) is 5.91 Å². The van der Waals surface area contributed by atoms with Crippen molar-refractivity contribution in [1.29, 1.82) is 0 Å². The number of benzene rings is 1. The first-order valence-electron chi connectivity index (χ1n) is 6.89. The third-order valence-electron chi connectivity index (χ3n) is 3.12. The molecule has 7 heteroatoms. The Bertz CT molecular complexity index is 602. The van der Waals surface area contributed by atoms with E-state index in [1.54, 1.807) is 0 Å². The minimum Gasteiger partial charge on any atom is -0.350 e. The summed E-state index contributed by atoms with van der Waals surface area (Å²) in [6, 6.07) is 4.06. The summed E-state index contributed by atoms with van der Waals surface area (Å²) < 4.78 is 22.8. The Morgan fingerprint density at radius 2 is 2.05 bits per heavy atom. The van der Waals surface area contributed by atoms with Crippen molar-refractivity contribution in [1.82, 2.24) is 5.32 Å². The third kappa shape index (κ3) is 5.65. The maximum atomic E-state index is 12.1. The van der Waals surface area contributed by atoms with Gasteiger partial charge in [0.15, 0.2) is 0 Å². The van der Waals surface area contributed by atoms with Gasteiger partial charge in [-0.1, -0.05) is 37.8 Å². The number of hydrogen-bond donors (Lipinski definition) is 2. The van der Waals surface area contributed by atoms with Crippen molar-refractivity contribution in [3.05, 3.63) is 28.8 Å². The maximum absolute atomic E-state index is 12.1. The molecular weight excluding hydrogens is 312 g/mol. The molecule has 0 aromatic heterocycles. The second-order valence-corrected chi connectivity index (χ2v) is 7.00. The Hall–Kier alpha value is -1.11. The average Bonchev–Trinajstić information content (AvgIpc) is 2.38. The summed E-state index contributed by atoms with van der Waals surface area (Å²) in [5.74, 6) is -0.333. The highest BCUT2D eigenvalue weighted by Gasteiger charge is 2.17. The van der Waals surface area contributed by atoms with E-state index in [-0.39, 0.29) is 27.4 Å². The van der Waals surface area contributed by atoms with E-state index in [1.807, 2.05) is 6.92 Å². The van der Waals surface area contributed by atoms with Crippen LogP contribution in [0.1, 0.15) is 49.9 Å². The van der Waals surface area contributed by atoms with Crippen molar-refractivity contribution in [2.24, 2.45) is 5.14 Å². The molecule has 5 nitrogen and oxygen atoms in total. The van der Waals surface area contributed by atoms with E-state index in [9.17, 15) is 13.2 Å². The Morgan fingerprint density at radius 3 is 2.62 bits per heavy atom. The van der Waals surface area contributed by atoms with Crippen LogP contribution in [-0.2, 0) is 10.0 Å². The number of primary sulfonamides is 1. The highest BCUT2D eigenvalue weighted by Crippen LogP contribution is 2.21. The number of hydrogen-bond acceptors (Lipinski definition) is 3. The number of halogens is 1. The van der Waals surface area contributed by atoms with Gasteiger partial charge in [0.2, 0.25) is 10.0 Å². The van der Waals surface area contributed by atoms with Crippen molar-refractivity contribution >= 4 is 27.5 Å². The van der Waals surface area contributed by atoms with Crippen LogP contribution in [0.25, 0.3) is 0 Å². The van der Waals surface area contributed by atoms with Crippen LogP contribution in [0.2, 0.25) is 5.02 Å². The molecule has 1 aromatic rings. The lowest BCUT2D eigenvalue weighted by atomic mass is 10.1. The van der Waals surface area contributed by atoms with Gasteiger partial charge in [-0.3, -0.25) is 4.79 Å². The normalized spacial score (nSPS) is 13.0. The molecule has 1 atom stereocenters. The quantitative estimate of drug-likeness (QED) is 0.752. The number of amides is 1. The van der Waals surface area contributed by atoms with Crippen LogP contribution < -0.4 is 10.5 Å². The van der Waals surface area contributed by atoms with Crippen LogP contribution in [0.4, 0.5) is 0 Å². The summed E-state index contributed by atoms with van der Waals surface area (Å²) in [6.07, 6.45) is 4.17. The molecule has 0 spiro atoms. The fourth-order valence-electron chi connectivity index (χ4n) is 1.94. The molecule has 1 aromatic carbocycles. The number of nitrogens with two attached hydrogens (primary N) is 1. The van der Waals surface area contributed by atoms with E-state index in [0.717, 1.165) is 25.7 Å². The molecule has 0 bridgehead atoms. The lowest BCUT2D eigenvalue weighted by molar-refractivity contribution is 0.0937. The highest BCUT2D eigenvalue weighted by molar-refractivity contribution is 7.89. The van der Waals surface area contributed by atoms with Gasteiger partial charge in [0.1, 0.15) is 4.90 Å². The molecule has 0 saturated heterocycles. The molecule has 118 valence electrons. The first kappa shape index (κ1) is 17.9. The SMILES string of the molecule is CCCCCC(C)NC(=O)c1ccc(Cl)c(S(N)(=O)=O)c1. The summed E-state index contributed by atoms with van der Waals surface area (Å²) in [7, 11) is -3.95. The van der Waals surface area contributed by atoms with Crippen molar-refractivity contribution in [3.8, 4) is 0 Å². The molecule has 0 radical (unpaired) electrons. The van der Waals surface area contributed by atoms with Gasteiger partial charge in [-0.2, -0.15) is 0 Å². The summed E-state index contributed by atoms with van der Waals surface area (Å²) >= 11 is 5.78. The maximum Gasteiger partial charge on any atom is 0.251 e. The topological polar surface area (TPSA) is 89.3 Å². The van der Waals surface area contributed by atoms with Crippen LogP contribution in [0.3, 0.4) is 0 Å². The van der Waals surface area contributed by atoms with Crippen LogP contribution >= 0.6 is 11.6 Å². The zero-order chi connectivity index (χ0) is 16.0. The minimum atomic E-state index is -3.95. The van der Waals surface area contributed by atoms with Gasteiger partial charge >= 0.3 is 0 Å². The molecule has 0 heterocycles. The smallest absolute Gasteiger partial charge is 0.251 e. The van der Waals surface area contributed by atoms with Gasteiger partial charge in [0, 0.05) is 11.6 Å². The predicted molar refractivity (Wildman–Crippen MR) is 83.9 cm³/mol. The van der Waals surface area contributed by atoms with Crippen molar-refractivity contribution in [2.45, 2.75) is 50.5 Å². The fraction of sp³-hybridized carbons (Fsp3) is 0.500. The van der Waals surface area contributed by atoms with E-state index < -0.39 is 10.0 Å². The number of sulfonamides is 1. The largest absolute Gasteiger partial charge is 0.350 e. The Labute approximate surface area is 130 Å². The summed E-state index contributed by atoms with van der Waals surface area (Å²) in [6.45, 7) is 4.04. The van der Waals surface area contributed by atoms with Crippen molar-refractivity contribution < 1.29 is 13.2 Å². The number of nitrogens with one attached hydrogen (secondary N) is 1. The second kappa shape index (κ2) is 7.77. The Balaban J connectivity index is 2.80. The van der Waals surface area contributed by atoms with Gasteiger partial charge < -0.3 is 5.32 Å². The van der Waals surface area contributed by atoms with E-state index in [1.165, 1.54) is 18.2 Å². The summed E-state index contributed by atoms with van der Waals surface area (Å²) in [5.41, 5.74) is 0.228. The van der Waals surface area contributed by atoms with Crippen LogP contribution in [0.15, 0.2) is 23.1 Å². The lowest BCUT2D eigenvalue weighted by Gasteiger charge is -2.14. The van der Waals surface area contributed by atoms with E-state index >= 15 is 0 Å². The molecule has 1 unspecified atom stereocenters. The second-order valence-electron chi connectivity index (χ2n) is 5.06. The molecule has 0 aliphatic heterocycles. The molecule has 3 N–H and O–H groups in total. The molecule has 1 rings (SSSR count). The van der Waals surface area contributed by atoms with Crippen LogP contribution in [-0.4, -0.2) is 20.4 Å². The third-order valence-corrected chi connectivity index (χ3v) is 4.51.